The minimum atomic E-state index is 0.0548. The van der Waals surface area contributed by atoms with E-state index >= 15 is 0 Å². The lowest BCUT2D eigenvalue weighted by atomic mass is 10.1. The zero-order chi connectivity index (χ0) is 19.4. The zero-order valence-corrected chi connectivity index (χ0v) is 16.9. The molecule has 0 bridgehead atoms. The second-order valence-electron chi connectivity index (χ2n) is 7.49. The van der Waals surface area contributed by atoms with E-state index in [1.165, 1.54) is 0 Å². The molecule has 1 aromatic heterocycles. The molecule has 1 atom stereocenters. The van der Waals surface area contributed by atoms with Gasteiger partial charge in [0.05, 0.1) is 12.5 Å². The number of piperazine rings is 1. The lowest BCUT2D eigenvalue weighted by Crippen LogP contribution is -2.49. The minimum Gasteiger partial charge on any atom is -0.424 e. The van der Waals surface area contributed by atoms with Crippen molar-refractivity contribution in [2.24, 2.45) is 5.92 Å². The topological polar surface area (TPSA) is 62.5 Å². The Kier molecular flexibility index (Phi) is 6.50. The molecular formula is C20H27ClN4O2. The molecule has 2 aromatic rings. The molecule has 1 fully saturated rings. The molecule has 0 radical (unpaired) electrons. The van der Waals surface area contributed by atoms with Crippen LogP contribution in [0.2, 0.25) is 5.02 Å². The molecule has 7 heteroatoms. The van der Waals surface area contributed by atoms with E-state index in [2.05, 4.69) is 35.9 Å². The fraction of sp³-hybridized carbons (Fsp3) is 0.550. The zero-order valence-electron chi connectivity index (χ0n) is 16.2. The van der Waals surface area contributed by atoms with Crippen LogP contribution >= 0.6 is 11.6 Å². The van der Waals surface area contributed by atoms with E-state index in [0.717, 1.165) is 25.1 Å². The van der Waals surface area contributed by atoms with Crippen molar-refractivity contribution in [2.75, 3.05) is 26.2 Å². The predicted molar refractivity (Wildman–Crippen MR) is 105 cm³/mol. The van der Waals surface area contributed by atoms with Gasteiger partial charge in [0.1, 0.15) is 0 Å². The molecule has 1 saturated heterocycles. The molecule has 0 N–H and O–H groups in total. The number of hydrogen-bond acceptors (Lipinski definition) is 5. The smallest absolute Gasteiger partial charge is 0.233 e. The normalized spacial score (nSPS) is 16.7. The fourth-order valence-electron chi connectivity index (χ4n) is 3.30. The molecule has 1 aliphatic heterocycles. The first-order valence-electron chi connectivity index (χ1n) is 9.51. The summed E-state index contributed by atoms with van der Waals surface area (Å²) in [4.78, 5) is 16.8. The van der Waals surface area contributed by atoms with Crippen LogP contribution in [0.4, 0.5) is 0 Å². The molecular weight excluding hydrogens is 364 g/mol. The van der Waals surface area contributed by atoms with Gasteiger partial charge in [-0.1, -0.05) is 43.6 Å². The van der Waals surface area contributed by atoms with Crippen molar-refractivity contribution >= 4 is 17.5 Å². The van der Waals surface area contributed by atoms with E-state index in [0.29, 0.717) is 42.2 Å². The maximum absolute atomic E-state index is 12.6. The second-order valence-corrected chi connectivity index (χ2v) is 7.90. The summed E-state index contributed by atoms with van der Waals surface area (Å²) in [5.41, 5.74) is 0.878. The Morgan fingerprint density at radius 3 is 2.52 bits per heavy atom. The maximum Gasteiger partial charge on any atom is 0.233 e. The molecule has 3 rings (SSSR count). The van der Waals surface area contributed by atoms with Crippen LogP contribution in [0.1, 0.15) is 44.2 Å². The number of rotatable bonds is 6. The van der Waals surface area contributed by atoms with Crippen LogP contribution in [-0.2, 0) is 17.6 Å². The van der Waals surface area contributed by atoms with Gasteiger partial charge in [0.25, 0.3) is 0 Å². The molecule has 6 nitrogen and oxygen atoms in total. The van der Waals surface area contributed by atoms with Crippen LogP contribution < -0.4 is 0 Å². The molecule has 146 valence electrons. The van der Waals surface area contributed by atoms with Crippen molar-refractivity contribution in [3.8, 4) is 0 Å². The number of carbonyl (C=O) groups is 1. The van der Waals surface area contributed by atoms with Crippen molar-refractivity contribution in [3.63, 3.8) is 0 Å². The van der Waals surface area contributed by atoms with Gasteiger partial charge in [-0.25, -0.2) is 0 Å². The summed E-state index contributed by atoms with van der Waals surface area (Å²) in [5.74, 6) is 1.95. The molecule has 1 aromatic carbocycles. The van der Waals surface area contributed by atoms with E-state index in [1.807, 2.05) is 29.2 Å². The summed E-state index contributed by atoms with van der Waals surface area (Å²) < 4.78 is 5.82. The Morgan fingerprint density at radius 2 is 1.85 bits per heavy atom. The third-order valence-electron chi connectivity index (χ3n) is 4.94. The highest BCUT2D eigenvalue weighted by Gasteiger charge is 2.27. The van der Waals surface area contributed by atoms with Crippen molar-refractivity contribution in [1.82, 2.24) is 20.0 Å². The number of nitrogens with zero attached hydrogens (tertiary/aromatic N) is 4. The van der Waals surface area contributed by atoms with Gasteiger partial charge in [0.15, 0.2) is 0 Å². The van der Waals surface area contributed by atoms with E-state index in [1.54, 1.807) is 0 Å². The average Bonchev–Trinajstić information content (AvgIpc) is 3.11. The van der Waals surface area contributed by atoms with E-state index in [4.69, 9.17) is 16.0 Å². The lowest BCUT2D eigenvalue weighted by molar-refractivity contribution is -0.132. The largest absolute Gasteiger partial charge is 0.424 e. The lowest BCUT2D eigenvalue weighted by Gasteiger charge is -2.37. The number of benzene rings is 1. The number of carbonyl (C=O) groups excluding carboxylic acids is 1. The number of aromatic nitrogens is 2. The highest BCUT2D eigenvalue weighted by atomic mass is 35.5. The molecule has 2 heterocycles. The second kappa shape index (κ2) is 8.85. The van der Waals surface area contributed by atoms with Crippen LogP contribution in [0.15, 0.2) is 28.7 Å². The Balaban J connectivity index is 1.53. The summed E-state index contributed by atoms with van der Waals surface area (Å²) in [7, 11) is 0. The van der Waals surface area contributed by atoms with Crippen molar-refractivity contribution in [1.29, 1.82) is 0 Å². The Bertz CT molecular complexity index is 769. The first kappa shape index (κ1) is 19.8. The molecule has 0 aliphatic carbocycles. The van der Waals surface area contributed by atoms with Crippen molar-refractivity contribution < 1.29 is 9.21 Å². The van der Waals surface area contributed by atoms with Crippen molar-refractivity contribution in [2.45, 2.75) is 39.7 Å². The summed E-state index contributed by atoms with van der Waals surface area (Å²) in [6.45, 7) is 9.31. The fourth-order valence-corrected chi connectivity index (χ4v) is 3.50. The molecule has 27 heavy (non-hydrogen) atoms. The quantitative estimate of drug-likeness (QED) is 0.756. The first-order valence-corrected chi connectivity index (χ1v) is 9.89. The Hall–Kier alpha value is -1.92. The van der Waals surface area contributed by atoms with Crippen LogP contribution in [0.5, 0.6) is 0 Å². The highest BCUT2D eigenvalue weighted by Crippen LogP contribution is 2.22. The summed E-state index contributed by atoms with van der Waals surface area (Å²) in [6, 6.07) is 7.57. The molecule has 1 amide bonds. The molecule has 0 saturated carbocycles. The third kappa shape index (κ3) is 5.08. The Labute approximate surface area is 165 Å². The Morgan fingerprint density at radius 1 is 1.15 bits per heavy atom. The monoisotopic (exact) mass is 390 g/mol. The third-order valence-corrected chi connectivity index (χ3v) is 5.31. The van der Waals surface area contributed by atoms with Gasteiger partial charge in [0, 0.05) is 37.6 Å². The highest BCUT2D eigenvalue weighted by molar-refractivity contribution is 6.31. The van der Waals surface area contributed by atoms with Gasteiger partial charge >= 0.3 is 0 Å². The summed E-state index contributed by atoms with van der Waals surface area (Å²) in [6.07, 6.45) is 1.14. The van der Waals surface area contributed by atoms with Crippen molar-refractivity contribution in [3.05, 3.63) is 46.6 Å². The van der Waals surface area contributed by atoms with Gasteiger partial charge in [-0.3, -0.25) is 9.69 Å². The summed E-state index contributed by atoms with van der Waals surface area (Å²) in [5, 5.41) is 9.01. The van der Waals surface area contributed by atoms with Gasteiger partial charge in [-0.2, -0.15) is 0 Å². The van der Waals surface area contributed by atoms with Gasteiger partial charge in [-0.15, -0.1) is 10.2 Å². The van der Waals surface area contributed by atoms with E-state index < -0.39 is 0 Å². The number of amides is 1. The van der Waals surface area contributed by atoms with Gasteiger partial charge in [0.2, 0.25) is 17.7 Å². The SMILES string of the molecule is CC(C)Cc1nnc(C(C)N2CCN(C(=O)Cc3ccccc3Cl)CC2)o1. The maximum atomic E-state index is 12.6. The van der Waals surface area contributed by atoms with Crippen LogP contribution in [0, 0.1) is 5.92 Å². The number of hydrogen-bond donors (Lipinski definition) is 0. The predicted octanol–water partition coefficient (Wildman–Crippen LogP) is 3.37. The molecule has 0 spiro atoms. The average molecular weight is 391 g/mol. The molecule has 1 aliphatic rings. The van der Waals surface area contributed by atoms with E-state index in [-0.39, 0.29) is 11.9 Å². The van der Waals surface area contributed by atoms with Gasteiger partial charge < -0.3 is 9.32 Å². The number of halogens is 1. The van der Waals surface area contributed by atoms with Crippen LogP contribution in [0.25, 0.3) is 0 Å². The summed E-state index contributed by atoms with van der Waals surface area (Å²) >= 11 is 6.17. The van der Waals surface area contributed by atoms with Gasteiger partial charge in [-0.05, 0) is 24.5 Å². The standard InChI is InChI=1S/C20H27ClN4O2/c1-14(2)12-18-22-23-20(27-18)15(3)24-8-10-25(11-9-24)19(26)13-16-6-4-5-7-17(16)21/h4-7,14-15H,8-13H2,1-3H3. The minimum absolute atomic E-state index is 0.0548. The first-order chi connectivity index (χ1) is 12.9. The van der Waals surface area contributed by atoms with E-state index in [9.17, 15) is 4.79 Å². The van der Waals surface area contributed by atoms with Crippen LogP contribution in [-0.4, -0.2) is 52.1 Å². The molecule has 1 unspecified atom stereocenters. The van der Waals surface area contributed by atoms with Crippen LogP contribution in [0.3, 0.4) is 0 Å².